The minimum Gasteiger partial charge on any atom is -0.318 e. The minimum absolute atomic E-state index is 0.515. The second-order valence-corrected chi connectivity index (χ2v) is 4.00. The molecule has 0 amide bonds. The second kappa shape index (κ2) is 2.89. The molecule has 1 unspecified atom stereocenters. The third kappa shape index (κ3) is 1.96. The predicted octanol–water partition coefficient (Wildman–Crippen LogP) is 0.594. The van der Waals surface area contributed by atoms with Crippen LogP contribution in [-0.4, -0.2) is 26.2 Å². The Bertz CT molecular complexity index is 110. The first-order valence-corrected chi connectivity index (χ1v) is 4.02. The van der Waals surface area contributed by atoms with Gasteiger partial charge in [0.05, 0.1) is 0 Å². The van der Waals surface area contributed by atoms with Crippen molar-refractivity contribution in [2.75, 3.05) is 20.1 Å². The van der Waals surface area contributed by atoms with Crippen LogP contribution in [0.2, 0.25) is 0 Å². The fraction of sp³-hybridized carbons (Fsp3) is 1.00. The highest BCUT2D eigenvalue weighted by atomic mass is 15.0. The molecule has 2 nitrogen and oxygen atoms in total. The third-order valence-corrected chi connectivity index (χ3v) is 2.12. The second-order valence-electron chi connectivity index (χ2n) is 4.00. The van der Waals surface area contributed by atoms with E-state index >= 15 is 0 Å². The van der Waals surface area contributed by atoms with E-state index in [1.54, 1.807) is 0 Å². The van der Waals surface area contributed by atoms with E-state index in [0.717, 1.165) is 6.54 Å². The average molecular weight is 142 g/mol. The molecule has 2 N–H and O–H groups in total. The zero-order chi connectivity index (χ0) is 7.61. The molecule has 1 aliphatic rings. The molecule has 0 radical (unpaired) electrons. The van der Waals surface area contributed by atoms with E-state index in [1.165, 1.54) is 13.0 Å². The van der Waals surface area contributed by atoms with Crippen molar-refractivity contribution in [2.24, 2.45) is 5.41 Å². The topological polar surface area (TPSA) is 24.1 Å². The highest BCUT2D eigenvalue weighted by Crippen LogP contribution is 2.26. The predicted molar refractivity (Wildman–Crippen MR) is 44.1 cm³/mol. The van der Waals surface area contributed by atoms with E-state index in [-0.39, 0.29) is 0 Å². The zero-order valence-corrected chi connectivity index (χ0v) is 7.20. The van der Waals surface area contributed by atoms with Gasteiger partial charge < -0.3 is 10.6 Å². The lowest BCUT2D eigenvalue weighted by molar-refractivity contribution is 0.399. The molecular formula is C8H18N2. The Morgan fingerprint density at radius 2 is 2.30 bits per heavy atom. The monoisotopic (exact) mass is 142 g/mol. The van der Waals surface area contributed by atoms with Crippen LogP contribution < -0.4 is 10.6 Å². The van der Waals surface area contributed by atoms with Crippen LogP contribution in [0.4, 0.5) is 0 Å². The molecule has 1 aliphatic heterocycles. The third-order valence-electron chi connectivity index (χ3n) is 2.12. The van der Waals surface area contributed by atoms with Gasteiger partial charge in [-0.3, -0.25) is 0 Å². The Morgan fingerprint density at radius 3 is 2.70 bits per heavy atom. The Balaban J connectivity index is 2.29. The molecule has 1 fully saturated rings. The van der Waals surface area contributed by atoms with Crippen LogP contribution in [0.3, 0.4) is 0 Å². The summed E-state index contributed by atoms with van der Waals surface area (Å²) in [6, 6.07) is 0.694. The Morgan fingerprint density at radius 1 is 1.60 bits per heavy atom. The van der Waals surface area contributed by atoms with Crippen LogP contribution in [0.1, 0.15) is 20.3 Å². The van der Waals surface area contributed by atoms with Crippen LogP contribution >= 0.6 is 0 Å². The standard InChI is InChI=1S/C8H18N2/c1-8(2)4-7(5-9-3)10-6-8/h7,9-10H,4-6H2,1-3H3. The first kappa shape index (κ1) is 8.02. The lowest BCUT2D eigenvalue weighted by atomic mass is 9.91. The van der Waals surface area contributed by atoms with E-state index < -0.39 is 0 Å². The Labute approximate surface area is 63.4 Å². The normalized spacial score (nSPS) is 30.9. The molecule has 0 bridgehead atoms. The summed E-state index contributed by atoms with van der Waals surface area (Å²) in [5.74, 6) is 0. The van der Waals surface area contributed by atoms with Gasteiger partial charge >= 0.3 is 0 Å². The largest absolute Gasteiger partial charge is 0.318 e. The van der Waals surface area contributed by atoms with Crippen molar-refractivity contribution in [3.63, 3.8) is 0 Å². The minimum atomic E-state index is 0.515. The Kier molecular flexibility index (Phi) is 2.32. The number of hydrogen-bond acceptors (Lipinski definition) is 2. The van der Waals surface area contributed by atoms with Crippen molar-refractivity contribution < 1.29 is 0 Å². The summed E-state index contributed by atoms with van der Waals surface area (Å²) in [6.07, 6.45) is 1.30. The van der Waals surface area contributed by atoms with E-state index in [0.29, 0.717) is 11.5 Å². The maximum Gasteiger partial charge on any atom is 0.0198 e. The first-order valence-electron chi connectivity index (χ1n) is 4.02. The number of likely N-dealkylation sites (N-methyl/N-ethyl adjacent to an activating group) is 1. The molecule has 1 heterocycles. The smallest absolute Gasteiger partial charge is 0.0198 e. The lowest BCUT2D eigenvalue weighted by Crippen LogP contribution is -2.31. The van der Waals surface area contributed by atoms with Gasteiger partial charge in [-0.1, -0.05) is 13.8 Å². The fourth-order valence-electron chi connectivity index (χ4n) is 1.62. The lowest BCUT2D eigenvalue weighted by Gasteiger charge is -2.14. The van der Waals surface area contributed by atoms with Gasteiger partial charge in [-0.25, -0.2) is 0 Å². The molecule has 0 aromatic rings. The molecule has 0 saturated carbocycles. The fourth-order valence-corrected chi connectivity index (χ4v) is 1.62. The van der Waals surface area contributed by atoms with Crippen LogP contribution in [0, 0.1) is 5.41 Å². The van der Waals surface area contributed by atoms with Gasteiger partial charge in [-0.05, 0) is 18.9 Å². The summed E-state index contributed by atoms with van der Waals surface area (Å²) >= 11 is 0. The number of nitrogens with one attached hydrogen (secondary N) is 2. The molecule has 10 heavy (non-hydrogen) atoms. The number of rotatable bonds is 2. The summed E-state index contributed by atoms with van der Waals surface area (Å²) in [7, 11) is 2.01. The molecule has 1 rings (SSSR count). The van der Waals surface area contributed by atoms with Crippen molar-refractivity contribution in [3.8, 4) is 0 Å². The average Bonchev–Trinajstić information content (AvgIpc) is 2.12. The summed E-state index contributed by atoms with van der Waals surface area (Å²) in [5.41, 5.74) is 0.515. The molecule has 2 heteroatoms. The molecule has 0 spiro atoms. The van der Waals surface area contributed by atoms with Crippen molar-refractivity contribution in [1.29, 1.82) is 0 Å². The van der Waals surface area contributed by atoms with E-state index in [9.17, 15) is 0 Å². The van der Waals surface area contributed by atoms with Crippen LogP contribution in [-0.2, 0) is 0 Å². The summed E-state index contributed by atoms with van der Waals surface area (Å²) in [5, 5.41) is 6.67. The zero-order valence-electron chi connectivity index (χ0n) is 7.20. The Hall–Kier alpha value is -0.0800. The molecule has 60 valence electrons. The molecule has 0 aromatic carbocycles. The molecule has 1 atom stereocenters. The number of hydrogen-bond donors (Lipinski definition) is 2. The molecular weight excluding hydrogens is 124 g/mol. The van der Waals surface area contributed by atoms with Crippen LogP contribution in [0.15, 0.2) is 0 Å². The van der Waals surface area contributed by atoms with E-state index in [4.69, 9.17) is 0 Å². The van der Waals surface area contributed by atoms with Gasteiger partial charge in [-0.2, -0.15) is 0 Å². The highest BCUT2D eigenvalue weighted by molar-refractivity contribution is 4.88. The molecule has 0 aliphatic carbocycles. The van der Waals surface area contributed by atoms with Crippen molar-refractivity contribution >= 4 is 0 Å². The summed E-state index contributed by atoms with van der Waals surface area (Å²) < 4.78 is 0. The highest BCUT2D eigenvalue weighted by Gasteiger charge is 2.29. The summed E-state index contributed by atoms with van der Waals surface area (Å²) in [4.78, 5) is 0. The van der Waals surface area contributed by atoms with Gasteiger partial charge in [0.15, 0.2) is 0 Å². The molecule has 1 saturated heterocycles. The maximum absolute atomic E-state index is 3.49. The molecule has 0 aromatic heterocycles. The SMILES string of the molecule is CNCC1CC(C)(C)CN1. The van der Waals surface area contributed by atoms with Gasteiger partial charge in [0, 0.05) is 19.1 Å². The quantitative estimate of drug-likeness (QED) is 0.590. The van der Waals surface area contributed by atoms with Gasteiger partial charge in [-0.15, -0.1) is 0 Å². The van der Waals surface area contributed by atoms with Crippen LogP contribution in [0.25, 0.3) is 0 Å². The van der Waals surface area contributed by atoms with Crippen molar-refractivity contribution in [3.05, 3.63) is 0 Å². The van der Waals surface area contributed by atoms with Crippen molar-refractivity contribution in [1.82, 2.24) is 10.6 Å². The maximum atomic E-state index is 3.49. The van der Waals surface area contributed by atoms with Crippen LogP contribution in [0.5, 0.6) is 0 Å². The van der Waals surface area contributed by atoms with E-state index in [1.807, 2.05) is 7.05 Å². The van der Waals surface area contributed by atoms with Crippen molar-refractivity contribution in [2.45, 2.75) is 26.3 Å². The van der Waals surface area contributed by atoms with Gasteiger partial charge in [0.2, 0.25) is 0 Å². The first-order chi connectivity index (χ1) is 4.64. The summed E-state index contributed by atoms with van der Waals surface area (Å²) in [6.45, 7) is 6.90. The van der Waals surface area contributed by atoms with Gasteiger partial charge in [0.25, 0.3) is 0 Å². The van der Waals surface area contributed by atoms with E-state index in [2.05, 4.69) is 24.5 Å². The van der Waals surface area contributed by atoms with Gasteiger partial charge in [0.1, 0.15) is 0 Å².